The predicted octanol–water partition coefficient (Wildman–Crippen LogP) is 5.89. The van der Waals surface area contributed by atoms with Crippen molar-refractivity contribution < 1.29 is 9.15 Å². The molecule has 0 radical (unpaired) electrons. The molecule has 0 atom stereocenters. The summed E-state index contributed by atoms with van der Waals surface area (Å²) in [5.41, 5.74) is 4.77. The Labute approximate surface area is 176 Å². The van der Waals surface area contributed by atoms with Crippen molar-refractivity contribution in [3.8, 4) is 35.3 Å². The van der Waals surface area contributed by atoms with Gasteiger partial charge in [-0.2, -0.15) is 4.98 Å². The highest BCUT2D eigenvalue weighted by Gasteiger charge is 2.13. The van der Waals surface area contributed by atoms with Crippen molar-refractivity contribution >= 4 is 11.6 Å². The van der Waals surface area contributed by atoms with Crippen LogP contribution in [-0.4, -0.2) is 17.0 Å². The first-order valence-corrected chi connectivity index (χ1v) is 9.51. The number of aryl methyl sites for hydroxylation is 2. The second-order valence-electron chi connectivity index (χ2n) is 6.96. The molecule has 30 heavy (non-hydrogen) atoms. The third-order valence-electron chi connectivity index (χ3n) is 4.81. The van der Waals surface area contributed by atoms with Crippen LogP contribution in [0.25, 0.3) is 11.3 Å². The lowest BCUT2D eigenvalue weighted by molar-refractivity contribution is 0.455. The molecule has 0 aliphatic heterocycles. The molecule has 0 bridgehead atoms. The Morgan fingerprint density at radius 2 is 1.77 bits per heavy atom. The fraction of sp³-hybridized carbons (Fsp3) is 0.120. The summed E-state index contributed by atoms with van der Waals surface area (Å²) in [6.45, 7) is 4.02. The van der Waals surface area contributed by atoms with Gasteiger partial charge in [-0.25, -0.2) is 4.98 Å². The molecule has 0 aliphatic carbocycles. The van der Waals surface area contributed by atoms with Gasteiger partial charge in [0.1, 0.15) is 11.5 Å². The van der Waals surface area contributed by atoms with Gasteiger partial charge in [-0.05, 0) is 73.5 Å². The van der Waals surface area contributed by atoms with Crippen LogP contribution in [0.1, 0.15) is 16.7 Å². The standard InChI is InChI=1S/C25H21N3O2/c1-5-19-8-10-21(11-9-19)28(4)25-26-13-12-23(27-25)30-24-17(2)15-20(16-18(24)3)22-7-6-14-29-22/h1,6-16H,2-4H3. The van der Waals surface area contributed by atoms with E-state index in [9.17, 15) is 0 Å². The van der Waals surface area contributed by atoms with E-state index in [0.29, 0.717) is 11.8 Å². The van der Waals surface area contributed by atoms with E-state index in [4.69, 9.17) is 15.6 Å². The van der Waals surface area contributed by atoms with Crippen molar-refractivity contribution in [1.82, 2.24) is 9.97 Å². The average molecular weight is 395 g/mol. The molecule has 0 aliphatic rings. The van der Waals surface area contributed by atoms with E-state index in [-0.39, 0.29) is 0 Å². The first-order valence-electron chi connectivity index (χ1n) is 9.51. The van der Waals surface area contributed by atoms with Crippen molar-refractivity contribution in [2.45, 2.75) is 13.8 Å². The van der Waals surface area contributed by atoms with Crippen molar-refractivity contribution in [2.75, 3.05) is 11.9 Å². The number of aromatic nitrogens is 2. The molecule has 0 unspecified atom stereocenters. The summed E-state index contributed by atoms with van der Waals surface area (Å²) in [7, 11) is 1.90. The summed E-state index contributed by atoms with van der Waals surface area (Å²) in [4.78, 5) is 10.8. The van der Waals surface area contributed by atoms with E-state index in [1.807, 2.05) is 74.3 Å². The van der Waals surface area contributed by atoms with Gasteiger partial charge in [0.15, 0.2) is 0 Å². The normalized spacial score (nSPS) is 10.5. The third kappa shape index (κ3) is 3.89. The molecule has 2 aromatic carbocycles. The van der Waals surface area contributed by atoms with E-state index >= 15 is 0 Å². The van der Waals surface area contributed by atoms with Gasteiger partial charge in [0, 0.05) is 36.1 Å². The lowest BCUT2D eigenvalue weighted by Gasteiger charge is -2.18. The van der Waals surface area contributed by atoms with E-state index in [2.05, 4.69) is 15.9 Å². The number of ether oxygens (including phenoxy) is 1. The molecular weight excluding hydrogens is 374 g/mol. The third-order valence-corrected chi connectivity index (χ3v) is 4.81. The van der Waals surface area contributed by atoms with Gasteiger partial charge in [-0.15, -0.1) is 6.42 Å². The van der Waals surface area contributed by atoms with Crippen molar-refractivity contribution in [3.63, 3.8) is 0 Å². The molecule has 0 saturated carbocycles. The Hall–Kier alpha value is -4.04. The summed E-state index contributed by atoms with van der Waals surface area (Å²) >= 11 is 0. The van der Waals surface area contributed by atoms with Crippen LogP contribution in [0.5, 0.6) is 11.6 Å². The van der Waals surface area contributed by atoms with Crippen LogP contribution in [0.4, 0.5) is 11.6 Å². The number of rotatable bonds is 5. The number of hydrogen-bond acceptors (Lipinski definition) is 5. The molecule has 2 aromatic heterocycles. The van der Waals surface area contributed by atoms with Crippen LogP contribution in [0.2, 0.25) is 0 Å². The SMILES string of the molecule is C#Cc1ccc(N(C)c2nccc(Oc3c(C)cc(-c4ccco4)cc3C)n2)cc1. The van der Waals surface area contributed by atoms with Gasteiger partial charge in [0.25, 0.3) is 0 Å². The molecule has 0 saturated heterocycles. The van der Waals surface area contributed by atoms with Gasteiger partial charge in [0.05, 0.1) is 6.26 Å². The summed E-state index contributed by atoms with van der Waals surface area (Å²) in [5.74, 6) is 5.23. The van der Waals surface area contributed by atoms with E-state index in [1.165, 1.54) is 0 Å². The molecule has 5 heteroatoms. The molecule has 0 fully saturated rings. The molecule has 148 valence electrons. The maximum Gasteiger partial charge on any atom is 0.232 e. The van der Waals surface area contributed by atoms with Crippen LogP contribution in [0, 0.1) is 26.2 Å². The zero-order valence-electron chi connectivity index (χ0n) is 17.1. The van der Waals surface area contributed by atoms with Crippen molar-refractivity contribution in [3.05, 3.63) is 83.7 Å². The largest absolute Gasteiger partial charge is 0.464 e. The monoisotopic (exact) mass is 395 g/mol. The minimum Gasteiger partial charge on any atom is -0.464 e. The quantitative estimate of drug-likeness (QED) is 0.394. The van der Waals surface area contributed by atoms with Gasteiger partial charge in [-0.1, -0.05) is 5.92 Å². The number of anilines is 2. The van der Waals surface area contributed by atoms with Crippen molar-refractivity contribution in [1.29, 1.82) is 0 Å². The number of benzene rings is 2. The van der Waals surface area contributed by atoms with Crippen molar-refractivity contribution in [2.24, 2.45) is 0 Å². The first kappa shape index (κ1) is 19.3. The molecule has 0 N–H and O–H groups in total. The summed E-state index contributed by atoms with van der Waals surface area (Å²) in [6, 6.07) is 17.3. The number of terminal acetylenes is 1. The molecule has 2 heterocycles. The summed E-state index contributed by atoms with van der Waals surface area (Å²) in [6.07, 6.45) is 8.79. The maximum absolute atomic E-state index is 6.14. The first-order chi connectivity index (χ1) is 14.5. The highest BCUT2D eigenvalue weighted by Crippen LogP contribution is 2.33. The van der Waals surface area contributed by atoms with Crippen LogP contribution < -0.4 is 9.64 Å². The lowest BCUT2D eigenvalue weighted by atomic mass is 10.0. The van der Waals surface area contributed by atoms with Crippen LogP contribution in [-0.2, 0) is 0 Å². The lowest BCUT2D eigenvalue weighted by Crippen LogP contribution is -2.13. The Kier molecular flexibility index (Phi) is 5.23. The molecule has 5 nitrogen and oxygen atoms in total. The van der Waals surface area contributed by atoms with Crippen LogP contribution in [0.3, 0.4) is 0 Å². The van der Waals surface area contributed by atoms with Gasteiger partial charge in [0.2, 0.25) is 11.8 Å². The number of nitrogens with zero attached hydrogens (tertiary/aromatic N) is 3. The minimum atomic E-state index is 0.476. The summed E-state index contributed by atoms with van der Waals surface area (Å²) in [5, 5.41) is 0. The number of hydrogen-bond donors (Lipinski definition) is 0. The zero-order valence-corrected chi connectivity index (χ0v) is 17.1. The van der Waals surface area contributed by atoms with E-state index in [1.54, 1.807) is 18.5 Å². The molecule has 0 spiro atoms. The second kappa shape index (κ2) is 8.14. The highest BCUT2D eigenvalue weighted by molar-refractivity contribution is 5.63. The van der Waals surface area contributed by atoms with E-state index in [0.717, 1.165) is 39.5 Å². The smallest absolute Gasteiger partial charge is 0.232 e. The zero-order chi connectivity index (χ0) is 21.1. The van der Waals surface area contributed by atoms with Crippen LogP contribution >= 0.6 is 0 Å². The topological polar surface area (TPSA) is 51.4 Å². The van der Waals surface area contributed by atoms with Gasteiger partial charge < -0.3 is 14.1 Å². The summed E-state index contributed by atoms with van der Waals surface area (Å²) < 4.78 is 11.6. The molecule has 4 aromatic rings. The molecule has 0 amide bonds. The fourth-order valence-electron chi connectivity index (χ4n) is 3.25. The Bertz CT molecular complexity index is 1180. The van der Waals surface area contributed by atoms with Crippen LogP contribution in [0.15, 0.2) is 71.5 Å². The molecule has 4 rings (SSSR count). The predicted molar refractivity (Wildman–Crippen MR) is 118 cm³/mol. The maximum atomic E-state index is 6.14. The number of furan rings is 1. The Morgan fingerprint density at radius 1 is 1.03 bits per heavy atom. The van der Waals surface area contributed by atoms with E-state index < -0.39 is 0 Å². The van der Waals surface area contributed by atoms with Gasteiger partial charge >= 0.3 is 0 Å². The highest BCUT2D eigenvalue weighted by atomic mass is 16.5. The Balaban J connectivity index is 1.59. The minimum absolute atomic E-state index is 0.476. The molecular formula is C25H21N3O2. The van der Waals surface area contributed by atoms with Gasteiger partial charge in [-0.3, -0.25) is 0 Å². The Morgan fingerprint density at radius 3 is 2.40 bits per heavy atom. The fourth-order valence-corrected chi connectivity index (χ4v) is 3.25. The second-order valence-corrected chi connectivity index (χ2v) is 6.96. The average Bonchev–Trinajstić information content (AvgIpc) is 3.31.